The molecule has 2 heterocycles. The van der Waals surface area contributed by atoms with Crippen LogP contribution < -0.4 is 0 Å². The highest BCUT2D eigenvalue weighted by Crippen LogP contribution is 2.26. The highest BCUT2D eigenvalue weighted by atomic mass is 32.2. The molecule has 0 amide bonds. The van der Waals surface area contributed by atoms with Crippen molar-refractivity contribution in [2.24, 2.45) is 9.98 Å². The second-order valence-electron chi connectivity index (χ2n) is 2.28. The molecule has 0 aromatic carbocycles. The van der Waals surface area contributed by atoms with Crippen LogP contribution in [0.3, 0.4) is 0 Å². The maximum Gasteiger partial charge on any atom is 0.0826 e. The van der Waals surface area contributed by atoms with Crippen molar-refractivity contribution < 1.29 is 0 Å². The Kier molecular flexibility index (Phi) is 1.30. The minimum atomic E-state index is 0.500. The van der Waals surface area contributed by atoms with Gasteiger partial charge in [-0.15, -0.1) is 11.8 Å². The van der Waals surface area contributed by atoms with Gasteiger partial charge in [-0.3, -0.25) is 9.98 Å². The van der Waals surface area contributed by atoms with Crippen LogP contribution in [-0.2, 0) is 0 Å². The third kappa shape index (κ3) is 0.894. The zero-order valence-electron chi connectivity index (χ0n) is 5.03. The van der Waals surface area contributed by atoms with E-state index >= 15 is 0 Å². The van der Waals surface area contributed by atoms with Crippen LogP contribution in [-0.4, -0.2) is 29.6 Å². The summed E-state index contributed by atoms with van der Waals surface area (Å²) >= 11 is 1.84. The smallest absolute Gasteiger partial charge is 0.0826 e. The molecule has 2 nitrogen and oxygen atoms in total. The van der Waals surface area contributed by atoms with Gasteiger partial charge in [-0.2, -0.15) is 0 Å². The first-order valence-corrected chi connectivity index (χ1v) is 4.06. The molecule has 0 radical (unpaired) electrons. The van der Waals surface area contributed by atoms with Gasteiger partial charge in [0.2, 0.25) is 0 Å². The molecule has 2 aliphatic heterocycles. The van der Waals surface area contributed by atoms with Crippen LogP contribution in [0.2, 0.25) is 0 Å². The monoisotopic (exact) mass is 140 g/mol. The summed E-state index contributed by atoms with van der Waals surface area (Å²) in [5.41, 5.74) is 1.96. The number of aliphatic imine (C=N–C) groups is 2. The fraction of sp³-hybridized carbons (Fsp3) is 0.667. The molecule has 0 fully saturated rings. The lowest BCUT2D eigenvalue weighted by molar-refractivity contribution is 0.653. The van der Waals surface area contributed by atoms with Crippen LogP contribution in [0.15, 0.2) is 9.98 Å². The molecule has 0 bridgehead atoms. The minimum absolute atomic E-state index is 0.500. The first-order chi connectivity index (χ1) is 4.47. The lowest BCUT2D eigenvalue weighted by atomic mass is 10.1. The Morgan fingerprint density at radius 1 is 1.56 bits per heavy atom. The summed E-state index contributed by atoms with van der Waals surface area (Å²) in [5.74, 6) is 0. The van der Waals surface area contributed by atoms with Crippen LogP contribution in [0.5, 0.6) is 0 Å². The molecule has 2 unspecified atom stereocenters. The summed E-state index contributed by atoms with van der Waals surface area (Å²) in [6.45, 7) is 0.911. The highest BCUT2D eigenvalue weighted by molar-refractivity contribution is 8.12. The van der Waals surface area contributed by atoms with E-state index in [2.05, 4.69) is 9.98 Å². The zero-order valence-corrected chi connectivity index (χ0v) is 5.84. The van der Waals surface area contributed by atoms with E-state index in [1.54, 1.807) is 0 Å². The maximum absolute atomic E-state index is 4.28. The average Bonchev–Trinajstić information content (AvgIpc) is 2.33. The van der Waals surface area contributed by atoms with Crippen molar-refractivity contribution in [1.82, 2.24) is 0 Å². The van der Waals surface area contributed by atoms with E-state index in [1.807, 2.05) is 23.5 Å². The van der Waals surface area contributed by atoms with E-state index in [1.165, 1.54) is 0 Å². The van der Waals surface area contributed by atoms with E-state index in [-0.39, 0.29) is 0 Å². The predicted octanol–water partition coefficient (Wildman–Crippen LogP) is 0.973. The summed E-state index contributed by atoms with van der Waals surface area (Å²) in [6.07, 6.45) is 3.12. The number of rotatable bonds is 0. The highest BCUT2D eigenvalue weighted by Gasteiger charge is 2.25. The number of hydrogen-bond donors (Lipinski definition) is 0. The van der Waals surface area contributed by atoms with Crippen LogP contribution in [0.1, 0.15) is 6.42 Å². The molecular formula is C6H8N2S. The second-order valence-corrected chi connectivity index (χ2v) is 3.37. The first kappa shape index (κ1) is 5.47. The largest absolute Gasteiger partial charge is 0.295 e. The van der Waals surface area contributed by atoms with Crippen molar-refractivity contribution >= 4 is 23.5 Å². The van der Waals surface area contributed by atoms with E-state index in [0.717, 1.165) is 13.0 Å². The molecule has 0 aromatic rings. The van der Waals surface area contributed by atoms with E-state index < -0.39 is 0 Å². The number of fused-ring (bicyclic) bond motifs is 1. The zero-order chi connectivity index (χ0) is 6.10. The van der Waals surface area contributed by atoms with Gasteiger partial charge in [0.15, 0.2) is 0 Å². The fourth-order valence-electron chi connectivity index (χ4n) is 1.12. The van der Waals surface area contributed by atoms with Gasteiger partial charge in [-0.25, -0.2) is 0 Å². The van der Waals surface area contributed by atoms with Crippen molar-refractivity contribution in [3.63, 3.8) is 0 Å². The van der Waals surface area contributed by atoms with Gasteiger partial charge in [0.05, 0.1) is 18.1 Å². The van der Waals surface area contributed by atoms with E-state index in [0.29, 0.717) is 11.3 Å². The lowest BCUT2D eigenvalue weighted by Gasteiger charge is -2.16. The molecule has 0 N–H and O–H groups in total. The average molecular weight is 140 g/mol. The van der Waals surface area contributed by atoms with Crippen LogP contribution in [0.25, 0.3) is 0 Å². The summed E-state index contributed by atoms with van der Waals surface area (Å²) < 4.78 is 0. The molecule has 2 rings (SSSR count). The SMILES string of the molecule is C1=NCC2N=CSC2C1. The quantitative estimate of drug-likeness (QED) is 0.492. The minimum Gasteiger partial charge on any atom is -0.295 e. The van der Waals surface area contributed by atoms with Gasteiger partial charge in [-0.1, -0.05) is 0 Å². The lowest BCUT2D eigenvalue weighted by Crippen LogP contribution is -2.24. The normalized spacial score (nSPS) is 39.1. The van der Waals surface area contributed by atoms with E-state index in [4.69, 9.17) is 0 Å². The number of thioether (sulfide) groups is 1. The summed E-state index contributed by atoms with van der Waals surface area (Å²) in [5, 5.41) is 0.711. The third-order valence-corrected chi connectivity index (χ3v) is 2.78. The Morgan fingerprint density at radius 3 is 3.44 bits per heavy atom. The van der Waals surface area contributed by atoms with Crippen molar-refractivity contribution in [3.05, 3.63) is 0 Å². The van der Waals surface area contributed by atoms with Crippen LogP contribution >= 0.6 is 11.8 Å². The second kappa shape index (κ2) is 2.14. The van der Waals surface area contributed by atoms with Crippen LogP contribution in [0.4, 0.5) is 0 Å². The van der Waals surface area contributed by atoms with Crippen molar-refractivity contribution in [2.75, 3.05) is 6.54 Å². The van der Waals surface area contributed by atoms with Crippen molar-refractivity contribution in [1.29, 1.82) is 0 Å². The Bertz CT molecular complexity index is 164. The predicted molar refractivity (Wildman–Crippen MR) is 41.6 cm³/mol. The van der Waals surface area contributed by atoms with E-state index in [9.17, 15) is 0 Å². The Morgan fingerprint density at radius 2 is 2.56 bits per heavy atom. The maximum atomic E-state index is 4.28. The van der Waals surface area contributed by atoms with Gasteiger partial charge in [0.1, 0.15) is 0 Å². The van der Waals surface area contributed by atoms with Gasteiger partial charge in [-0.05, 0) is 12.6 Å². The summed E-state index contributed by atoms with van der Waals surface area (Å²) in [6, 6.07) is 0.500. The summed E-state index contributed by atoms with van der Waals surface area (Å²) in [4.78, 5) is 8.45. The molecule has 0 saturated heterocycles. The number of hydrogen-bond acceptors (Lipinski definition) is 3. The number of nitrogens with zero attached hydrogens (tertiary/aromatic N) is 2. The molecule has 0 aromatic heterocycles. The van der Waals surface area contributed by atoms with Crippen molar-refractivity contribution in [3.8, 4) is 0 Å². The molecular weight excluding hydrogens is 132 g/mol. The molecule has 3 heteroatoms. The first-order valence-electron chi connectivity index (χ1n) is 3.12. The molecule has 9 heavy (non-hydrogen) atoms. The Labute approximate surface area is 58.5 Å². The third-order valence-electron chi connectivity index (χ3n) is 1.68. The Balaban J connectivity index is 2.13. The Hall–Kier alpha value is -0.310. The fourth-order valence-corrected chi connectivity index (χ4v) is 2.03. The molecule has 0 saturated carbocycles. The molecule has 0 aliphatic carbocycles. The van der Waals surface area contributed by atoms with Crippen molar-refractivity contribution in [2.45, 2.75) is 17.7 Å². The van der Waals surface area contributed by atoms with Gasteiger partial charge in [0.25, 0.3) is 0 Å². The molecule has 2 atom stereocenters. The summed E-state index contributed by atoms with van der Waals surface area (Å²) in [7, 11) is 0. The van der Waals surface area contributed by atoms with Gasteiger partial charge < -0.3 is 0 Å². The molecule has 48 valence electrons. The molecule has 0 spiro atoms. The van der Waals surface area contributed by atoms with Crippen LogP contribution in [0, 0.1) is 0 Å². The topological polar surface area (TPSA) is 24.7 Å². The molecule has 2 aliphatic rings. The standard InChI is InChI=1S/C6H8N2S/c1-2-7-3-5-6(1)9-4-8-5/h2,4-6H,1,3H2. The van der Waals surface area contributed by atoms with Gasteiger partial charge in [0, 0.05) is 5.25 Å². The van der Waals surface area contributed by atoms with Gasteiger partial charge >= 0.3 is 0 Å².